The van der Waals surface area contributed by atoms with E-state index in [1.165, 1.54) is 0 Å². The molecule has 0 saturated carbocycles. The first-order valence-corrected chi connectivity index (χ1v) is 6.69. The van der Waals surface area contributed by atoms with Gasteiger partial charge < -0.3 is 15.7 Å². The van der Waals surface area contributed by atoms with Gasteiger partial charge in [-0.15, -0.1) is 0 Å². The first-order chi connectivity index (χ1) is 9.47. The summed E-state index contributed by atoms with van der Waals surface area (Å²) >= 11 is 0. The van der Waals surface area contributed by atoms with Crippen molar-refractivity contribution >= 4 is 23.4 Å². The van der Waals surface area contributed by atoms with Crippen LogP contribution in [-0.2, 0) is 9.59 Å². The summed E-state index contributed by atoms with van der Waals surface area (Å²) in [5, 5.41) is 14.3. The normalized spacial score (nSPS) is 10.3. The number of anilines is 2. The number of carboxylic acids is 1. The summed E-state index contributed by atoms with van der Waals surface area (Å²) in [6.07, 6.45) is 2.41. The summed E-state index contributed by atoms with van der Waals surface area (Å²) in [7, 11) is 0. The number of amides is 1. The largest absolute Gasteiger partial charge is 0.481 e. The second-order valence-corrected chi connectivity index (χ2v) is 4.98. The van der Waals surface area contributed by atoms with Crippen LogP contribution in [0.2, 0.25) is 0 Å². The number of carbonyl (C=O) groups excluding carboxylic acids is 1. The van der Waals surface area contributed by atoms with Crippen molar-refractivity contribution in [3.63, 3.8) is 0 Å². The maximum atomic E-state index is 11.4. The molecule has 1 aromatic rings. The standard InChI is InChI=1S/C14H21N3O3/c1-10(2)7-8-15-12-4-3-11(9-16-12)17-13(18)5-6-14(19)20/h3-4,9-10H,5-8H2,1-2H3,(H,15,16)(H,17,18)(H,19,20). The van der Waals surface area contributed by atoms with Gasteiger partial charge in [0.1, 0.15) is 5.82 Å². The summed E-state index contributed by atoms with van der Waals surface area (Å²) in [6.45, 7) is 5.17. The molecule has 1 aromatic heterocycles. The van der Waals surface area contributed by atoms with Crippen LogP contribution in [0, 0.1) is 5.92 Å². The molecule has 0 aliphatic carbocycles. The van der Waals surface area contributed by atoms with Gasteiger partial charge in [0.25, 0.3) is 0 Å². The van der Waals surface area contributed by atoms with Gasteiger partial charge in [-0.2, -0.15) is 0 Å². The van der Waals surface area contributed by atoms with Crippen LogP contribution < -0.4 is 10.6 Å². The number of pyridine rings is 1. The van der Waals surface area contributed by atoms with Crippen LogP contribution in [0.1, 0.15) is 33.1 Å². The fraction of sp³-hybridized carbons (Fsp3) is 0.500. The average Bonchev–Trinajstić information content (AvgIpc) is 2.38. The van der Waals surface area contributed by atoms with Crippen molar-refractivity contribution < 1.29 is 14.7 Å². The highest BCUT2D eigenvalue weighted by Crippen LogP contribution is 2.11. The molecule has 0 atom stereocenters. The first kappa shape index (κ1) is 15.9. The van der Waals surface area contributed by atoms with Crippen molar-refractivity contribution in [1.29, 1.82) is 0 Å². The van der Waals surface area contributed by atoms with Gasteiger partial charge in [0.15, 0.2) is 0 Å². The average molecular weight is 279 g/mol. The lowest BCUT2D eigenvalue weighted by atomic mass is 10.1. The quantitative estimate of drug-likeness (QED) is 0.679. The minimum absolute atomic E-state index is 0.0380. The van der Waals surface area contributed by atoms with Crippen molar-refractivity contribution in [2.75, 3.05) is 17.2 Å². The van der Waals surface area contributed by atoms with Gasteiger partial charge in [-0.25, -0.2) is 4.98 Å². The van der Waals surface area contributed by atoms with E-state index < -0.39 is 5.97 Å². The van der Waals surface area contributed by atoms with E-state index in [-0.39, 0.29) is 18.7 Å². The molecule has 1 rings (SSSR count). The second kappa shape index (κ2) is 8.14. The molecular weight excluding hydrogens is 258 g/mol. The van der Waals surface area contributed by atoms with Crippen LogP contribution in [0.3, 0.4) is 0 Å². The van der Waals surface area contributed by atoms with Crippen LogP contribution in [0.4, 0.5) is 11.5 Å². The summed E-state index contributed by atoms with van der Waals surface area (Å²) in [6, 6.07) is 3.52. The Morgan fingerprint density at radius 1 is 1.30 bits per heavy atom. The zero-order valence-corrected chi connectivity index (χ0v) is 11.8. The number of rotatable bonds is 8. The van der Waals surface area contributed by atoms with Crippen LogP contribution in [0.25, 0.3) is 0 Å². The fourth-order valence-corrected chi connectivity index (χ4v) is 1.51. The van der Waals surface area contributed by atoms with E-state index in [1.807, 2.05) is 0 Å². The van der Waals surface area contributed by atoms with Crippen LogP contribution in [0.15, 0.2) is 18.3 Å². The number of nitrogens with zero attached hydrogens (tertiary/aromatic N) is 1. The molecule has 20 heavy (non-hydrogen) atoms. The maximum Gasteiger partial charge on any atom is 0.303 e. The molecule has 0 aliphatic heterocycles. The topological polar surface area (TPSA) is 91.3 Å². The Balaban J connectivity index is 2.38. The van der Waals surface area contributed by atoms with E-state index in [2.05, 4.69) is 29.5 Å². The molecule has 0 fully saturated rings. The number of hydrogen-bond donors (Lipinski definition) is 3. The summed E-state index contributed by atoms with van der Waals surface area (Å²) in [4.78, 5) is 26.0. The highest BCUT2D eigenvalue weighted by Gasteiger charge is 2.06. The smallest absolute Gasteiger partial charge is 0.303 e. The van der Waals surface area contributed by atoms with Crippen LogP contribution >= 0.6 is 0 Å². The van der Waals surface area contributed by atoms with E-state index in [0.717, 1.165) is 18.8 Å². The Morgan fingerprint density at radius 3 is 2.60 bits per heavy atom. The number of carbonyl (C=O) groups is 2. The number of nitrogens with one attached hydrogen (secondary N) is 2. The van der Waals surface area contributed by atoms with Crippen molar-refractivity contribution in [1.82, 2.24) is 4.98 Å². The Hall–Kier alpha value is -2.11. The molecule has 0 spiro atoms. The first-order valence-electron chi connectivity index (χ1n) is 6.69. The van der Waals surface area contributed by atoms with Gasteiger partial charge in [-0.05, 0) is 24.5 Å². The predicted octanol–water partition coefficient (Wildman–Crippen LogP) is 2.34. The monoisotopic (exact) mass is 279 g/mol. The summed E-state index contributed by atoms with van der Waals surface area (Å²) in [5.41, 5.74) is 0.565. The van der Waals surface area contributed by atoms with Gasteiger partial charge in [0.2, 0.25) is 5.91 Å². The molecule has 110 valence electrons. The minimum Gasteiger partial charge on any atom is -0.481 e. The number of aliphatic carboxylic acids is 1. The third kappa shape index (κ3) is 6.72. The van der Waals surface area contributed by atoms with Crippen LogP contribution in [0.5, 0.6) is 0 Å². The molecule has 0 unspecified atom stereocenters. The highest BCUT2D eigenvalue weighted by molar-refractivity contribution is 5.92. The van der Waals surface area contributed by atoms with Gasteiger partial charge in [-0.1, -0.05) is 13.8 Å². The van der Waals surface area contributed by atoms with E-state index in [0.29, 0.717) is 11.6 Å². The third-order valence-electron chi connectivity index (χ3n) is 2.64. The number of hydrogen-bond acceptors (Lipinski definition) is 4. The van der Waals surface area contributed by atoms with E-state index in [1.54, 1.807) is 18.3 Å². The third-order valence-corrected chi connectivity index (χ3v) is 2.64. The lowest BCUT2D eigenvalue weighted by Crippen LogP contribution is -2.13. The summed E-state index contributed by atoms with van der Waals surface area (Å²) < 4.78 is 0. The van der Waals surface area contributed by atoms with E-state index >= 15 is 0 Å². The molecule has 6 nitrogen and oxygen atoms in total. The summed E-state index contributed by atoms with van der Waals surface area (Å²) in [5.74, 6) is 0.0853. The molecule has 0 aromatic carbocycles. The van der Waals surface area contributed by atoms with E-state index in [9.17, 15) is 9.59 Å². The van der Waals surface area contributed by atoms with Gasteiger partial charge in [-0.3, -0.25) is 9.59 Å². The molecular formula is C14H21N3O3. The minimum atomic E-state index is -0.983. The van der Waals surface area contributed by atoms with Crippen molar-refractivity contribution in [2.24, 2.45) is 5.92 Å². The Kier molecular flexibility index (Phi) is 6.49. The van der Waals surface area contributed by atoms with Gasteiger partial charge in [0, 0.05) is 13.0 Å². The SMILES string of the molecule is CC(C)CCNc1ccc(NC(=O)CCC(=O)O)cn1. The zero-order chi connectivity index (χ0) is 15.0. The lowest BCUT2D eigenvalue weighted by Gasteiger charge is -2.08. The molecule has 1 heterocycles. The van der Waals surface area contributed by atoms with E-state index in [4.69, 9.17) is 5.11 Å². The van der Waals surface area contributed by atoms with Crippen molar-refractivity contribution in [2.45, 2.75) is 33.1 Å². The molecule has 3 N–H and O–H groups in total. The Labute approximate surface area is 118 Å². The molecule has 0 bridgehead atoms. The molecule has 0 aliphatic rings. The molecule has 0 radical (unpaired) electrons. The van der Waals surface area contributed by atoms with Crippen molar-refractivity contribution in [3.05, 3.63) is 18.3 Å². The van der Waals surface area contributed by atoms with Gasteiger partial charge in [0.05, 0.1) is 18.3 Å². The molecule has 6 heteroatoms. The second-order valence-electron chi connectivity index (χ2n) is 4.98. The Morgan fingerprint density at radius 2 is 2.05 bits per heavy atom. The zero-order valence-electron chi connectivity index (χ0n) is 11.8. The molecule has 0 saturated heterocycles. The highest BCUT2D eigenvalue weighted by atomic mass is 16.4. The molecule has 1 amide bonds. The number of aromatic nitrogens is 1. The van der Waals surface area contributed by atoms with Gasteiger partial charge >= 0.3 is 5.97 Å². The van der Waals surface area contributed by atoms with Crippen molar-refractivity contribution in [3.8, 4) is 0 Å². The van der Waals surface area contributed by atoms with Crippen LogP contribution in [-0.4, -0.2) is 28.5 Å². The predicted molar refractivity (Wildman–Crippen MR) is 77.7 cm³/mol. The lowest BCUT2D eigenvalue weighted by molar-refractivity contribution is -0.138. The number of carboxylic acid groups (broad SMARTS) is 1. The fourth-order valence-electron chi connectivity index (χ4n) is 1.51. The Bertz CT molecular complexity index is 443. The maximum absolute atomic E-state index is 11.4.